The molecule has 2 rings (SSSR count). The molecule has 74 valence electrons. The fraction of sp³-hybridized carbons (Fsp3) is 0.385. The van der Waals surface area contributed by atoms with Crippen LogP contribution in [0.3, 0.4) is 0 Å². The van der Waals surface area contributed by atoms with Crippen molar-refractivity contribution in [3.8, 4) is 5.75 Å². The Morgan fingerprint density at radius 3 is 3.14 bits per heavy atom. The lowest BCUT2D eigenvalue weighted by atomic mass is 9.99. The minimum absolute atomic E-state index is 0.847. The predicted molar refractivity (Wildman–Crippen MR) is 58.8 cm³/mol. The van der Waals surface area contributed by atoms with Crippen LogP contribution >= 0.6 is 0 Å². The summed E-state index contributed by atoms with van der Waals surface area (Å²) in [4.78, 5) is 0. The Hall–Kier alpha value is -1.24. The van der Waals surface area contributed by atoms with Crippen LogP contribution in [0.4, 0.5) is 0 Å². The van der Waals surface area contributed by atoms with Crippen LogP contribution < -0.4 is 4.74 Å². The summed E-state index contributed by atoms with van der Waals surface area (Å²) in [7, 11) is 0. The van der Waals surface area contributed by atoms with E-state index in [1.807, 2.05) is 0 Å². The van der Waals surface area contributed by atoms with Crippen molar-refractivity contribution < 1.29 is 4.74 Å². The first-order valence-corrected chi connectivity index (χ1v) is 5.15. The highest BCUT2D eigenvalue weighted by Gasteiger charge is 2.14. The Balaban J connectivity index is 2.17. The second-order valence-corrected chi connectivity index (χ2v) is 3.95. The smallest absolute Gasteiger partial charge is 0.122 e. The van der Waals surface area contributed by atoms with Gasteiger partial charge in [-0.2, -0.15) is 0 Å². The minimum atomic E-state index is 0.847. The van der Waals surface area contributed by atoms with Crippen molar-refractivity contribution in [2.24, 2.45) is 0 Å². The van der Waals surface area contributed by atoms with E-state index < -0.39 is 0 Å². The summed E-state index contributed by atoms with van der Waals surface area (Å²) < 4.78 is 5.52. The van der Waals surface area contributed by atoms with Crippen LogP contribution in [0.2, 0.25) is 0 Å². The number of hydrogen-bond donors (Lipinski definition) is 0. The molecule has 0 amide bonds. The molecule has 1 nitrogen and oxygen atoms in total. The maximum absolute atomic E-state index is 5.52. The molecule has 0 radical (unpaired) electrons. The summed E-state index contributed by atoms with van der Waals surface area (Å²) in [5.74, 6) is 1.09. The van der Waals surface area contributed by atoms with Crippen molar-refractivity contribution >= 4 is 0 Å². The first-order chi connectivity index (χ1) is 6.77. The molecule has 0 atom stereocenters. The number of rotatable bonds is 3. The van der Waals surface area contributed by atoms with Gasteiger partial charge >= 0.3 is 0 Å². The van der Waals surface area contributed by atoms with Gasteiger partial charge in [-0.3, -0.25) is 0 Å². The average molecular weight is 188 g/mol. The number of allylic oxidation sites excluding steroid dienone is 1. The zero-order valence-electron chi connectivity index (χ0n) is 8.68. The minimum Gasteiger partial charge on any atom is -0.493 e. The van der Waals surface area contributed by atoms with Gasteiger partial charge < -0.3 is 4.74 Å². The van der Waals surface area contributed by atoms with Crippen molar-refractivity contribution in [2.45, 2.75) is 26.2 Å². The lowest BCUT2D eigenvalue weighted by Crippen LogP contribution is -1.92. The number of hydrogen-bond acceptors (Lipinski definition) is 1. The highest BCUT2D eigenvalue weighted by molar-refractivity contribution is 5.43. The molecule has 0 fully saturated rings. The van der Waals surface area contributed by atoms with Crippen LogP contribution in [0.1, 0.15) is 24.5 Å². The van der Waals surface area contributed by atoms with Crippen LogP contribution in [0.25, 0.3) is 0 Å². The second-order valence-electron chi connectivity index (χ2n) is 3.95. The Kier molecular flexibility index (Phi) is 2.58. The standard InChI is InChI=1S/C13H16O/c1-10(2)6-7-11-4-3-5-13-12(11)8-9-14-13/h3-5H,1,6-9H2,2H3. The molecule has 0 unspecified atom stereocenters. The molecule has 1 heterocycles. The van der Waals surface area contributed by atoms with Crippen LogP contribution in [-0.2, 0) is 12.8 Å². The molecule has 1 aliphatic heterocycles. The Bertz CT molecular complexity index is 352. The third kappa shape index (κ3) is 1.82. The van der Waals surface area contributed by atoms with Gasteiger partial charge in [0, 0.05) is 12.0 Å². The Morgan fingerprint density at radius 1 is 1.50 bits per heavy atom. The van der Waals surface area contributed by atoms with Crippen LogP contribution in [0, 0.1) is 0 Å². The molecular weight excluding hydrogens is 172 g/mol. The monoisotopic (exact) mass is 188 g/mol. The molecule has 1 heteroatoms. The van der Waals surface area contributed by atoms with E-state index in [-0.39, 0.29) is 0 Å². The van der Waals surface area contributed by atoms with E-state index in [1.54, 1.807) is 0 Å². The fourth-order valence-corrected chi connectivity index (χ4v) is 1.88. The van der Waals surface area contributed by atoms with Crippen LogP contribution in [0.5, 0.6) is 5.75 Å². The predicted octanol–water partition coefficient (Wildman–Crippen LogP) is 3.13. The largest absolute Gasteiger partial charge is 0.493 e. The zero-order chi connectivity index (χ0) is 9.97. The van der Waals surface area contributed by atoms with Gasteiger partial charge in [0.15, 0.2) is 0 Å². The molecule has 14 heavy (non-hydrogen) atoms. The second kappa shape index (κ2) is 3.87. The Labute approximate surface area is 85.4 Å². The number of aryl methyl sites for hydroxylation is 1. The number of fused-ring (bicyclic) bond motifs is 1. The van der Waals surface area contributed by atoms with E-state index >= 15 is 0 Å². The van der Waals surface area contributed by atoms with Gasteiger partial charge in [0.05, 0.1) is 6.61 Å². The molecule has 0 aromatic heterocycles. The van der Waals surface area contributed by atoms with Gasteiger partial charge in [-0.15, -0.1) is 6.58 Å². The van der Waals surface area contributed by atoms with Crippen molar-refractivity contribution in [2.75, 3.05) is 6.61 Å². The van der Waals surface area contributed by atoms with Gasteiger partial charge in [-0.25, -0.2) is 0 Å². The highest BCUT2D eigenvalue weighted by atomic mass is 16.5. The van der Waals surface area contributed by atoms with Crippen molar-refractivity contribution in [1.29, 1.82) is 0 Å². The van der Waals surface area contributed by atoms with Crippen LogP contribution in [0.15, 0.2) is 30.4 Å². The van der Waals surface area contributed by atoms with Crippen LogP contribution in [-0.4, -0.2) is 6.61 Å². The van der Waals surface area contributed by atoms with Gasteiger partial charge in [0.2, 0.25) is 0 Å². The first-order valence-electron chi connectivity index (χ1n) is 5.15. The average Bonchev–Trinajstić information content (AvgIpc) is 2.62. The number of benzene rings is 1. The molecule has 0 N–H and O–H groups in total. The van der Waals surface area contributed by atoms with Gasteiger partial charge in [-0.05, 0) is 31.4 Å². The maximum Gasteiger partial charge on any atom is 0.122 e. The van der Waals surface area contributed by atoms with E-state index in [4.69, 9.17) is 4.74 Å². The zero-order valence-corrected chi connectivity index (χ0v) is 8.68. The summed E-state index contributed by atoms with van der Waals surface area (Å²) in [5.41, 5.74) is 4.10. The van der Waals surface area contributed by atoms with E-state index in [1.165, 1.54) is 16.7 Å². The highest BCUT2D eigenvalue weighted by Crippen LogP contribution is 2.29. The lowest BCUT2D eigenvalue weighted by Gasteiger charge is -2.06. The molecule has 0 aliphatic carbocycles. The Morgan fingerprint density at radius 2 is 2.36 bits per heavy atom. The van der Waals surface area contributed by atoms with Crippen molar-refractivity contribution in [1.82, 2.24) is 0 Å². The fourth-order valence-electron chi connectivity index (χ4n) is 1.88. The topological polar surface area (TPSA) is 9.23 Å². The summed E-state index contributed by atoms with van der Waals surface area (Å²) in [5, 5.41) is 0. The molecule has 0 saturated heterocycles. The molecule has 1 aliphatic rings. The summed E-state index contributed by atoms with van der Waals surface area (Å²) >= 11 is 0. The molecule has 0 saturated carbocycles. The van der Waals surface area contributed by atoms with E-state index in [0.29, 0.717) is 0 Å². The normalized spacial score (nSPS) is 13.5. The molecule has 0 spiro atoms. The summed E-state index contributed by atoms with van der Waals surface area (Å²) in [6.07, 6.45) is 3.25. The molecule has 1 aromatic carbocycles. The quantitative estimate of drug-likeness (QED) is 0.662. The van der Waals surface area contributed by atoms with E-state index in [0.717, 1.165) is 31.6 Å². The number of ether oxygens (including phenoxy) is 1. The molecular formula is C13H16O. The molecule has 1 aromatic rings. The molecule has 0 bridgehead atoms. The third-order valence-corrected chi connectivity index (χ3v) is 2.66. The third-order valence-electron chi connectivity index (χ3n) is 2.66. The van der Waals surface area contributed by atoms with Crippen molar-refractivity contribution in [3.63, 3.8) is 0 Å². The lowest BCUT2D eigenvalue weighted by molar-refractivity contribution is 0.357. The summed E-state index contributed by atoms with van der Waals surface area (Å²) in [6.45, 7) is 6.86. The first kappa shape index (κ1) is 9.32. The summed E-state index contributed by atoms with van der Waals surface area (Å²) in [6, 6.07) is 6.35. The van der Waals surface area contributed by atoms with Gasteiger partial charge in [0.25, 0.3) is 0 Å². The van der Waals surface area contributed by atoms with E-state index in [9.17, 15) is 0 Å². The van der Waals surface area contributed by atoms with Gasteiger partial charge in [-0.1, -0.05) is 17.7 Å². The van der Waals surface area contributed by atoms with E-state index in [2.05, 4.69) is 31.7 Å². The maximum atomic E-state index is 5.52. The SMILES string of the molecule is C=C(C)CCc1cccc2c1CCO2. The van der Waals surface area contributed by atoms with Crippen molar-refractivity contribution in [3.05, 3.63) is 41.5 Å². The van der Waals surface area contributed by atoms with Gasteiger partial charge in [0.1, 0.15) is 5.75 Å².